The quantitative estimate of drug-likeness (QED) is 0.523. The number of anilines is 1. The molecule has 144 valence electrons. The van der Waals surface area contributed by atoms with Gasteiger partial charge in [0.05, 0.1) is 0 Å². The van der Waals surface area contributed by atoms with Crippen molar-refractivity contribution in [2.75, 3.05) is 5.32 Å². The molecular formula is C22H34BrNOSi. The zero-order chi connectivity index (χ0) is 18.7. The monoisotopic (exact) mass is 435 g/mol. The molecule has 0 aromatic heterocycles. The Morgan fingerprint density at radius 1 is 1.12 bits per heavy atom. The molecule has 2 saturated carbocycles. The third kappa shape index (κ3) is 3.20. The molecule has 1 unspecified atom stereocenters. The van der Waals surface area contributed by atoms with Gasteiger partial charge in [0.15, 0.2) is 8.32 Å². The maximum atomic E-state index is 6.78. The third-order valence-electron chi connectivity index (χ3n) is 7.61. The summed E-state index contributed by atoms with van der Waals surface area (Å²) in [4.78, 5) is 0. The van der Waals surface area contributed by atoms with Crippen LogP contribution in [0.4, 0.5) is 5.69 Å². The summed E-state index contributed by atoms with van der Waals surface area (Å²) in [5, 5.41) is 4.22. The van der Waals surface area contributed by atoms with Gasteiger partial charge in [-0.05, 0) is 86.3 Å². The first-order chi connectivity index (χ1) is 12.1. The van der Waals surface area contributed by atoms with Crippen molar-refractivity contribution in [3.8, 4) is 0 Å². The molecule has 0 saturated heterocycles. The Labute approximate surface area is 168 Å². The van der Waals surface area contributed by atoms with E-state index in [4.69, 9.17) is 4.43 Å². The second-order valence-corrected chi connectivity index (χ2v) is 16.1. The molecule has 4 heteroatoms. The van der Waals surface area contributed by atoms with Crippen molar-refractivity contribution in [1.82, 2.24) is 0 Å². The Morgan fingerprint density at radius 3 is 2.35 bits per heavy atom. The van der Waals surface area contributed by atoms with Crippen LogP contribution in [-0.2, 0) is 9.84 Å². The molecule has 1 aromatic rings. The fourth-order valence-corrected chi connectivity index (χ4v) is 6.71. The van der Waals surface area contributed by atoms with Gasteiger partial charge < -0.3 is 9.74 Å². The minimum Gasteiger partial charge on any atom is -0.414 e. The summed E-state index contributed by atoms with van der Waals surface area (Å²) in [6.45, 7) is 11.8. The molecule has 1 spiro atoms. The zero-order valence-corrected chi connectivity index (χ0v) is 19.6. The van der Waals surface area contributed by atoms with E-state index in [-0.39, 0.29) is 0 Å². The Morgan fingerprint density at radius 2 is 1.77 bits per heavy atom. The summed E-state index contributed by atoms with van der Waals surface area (Å²) in [5.41, 5.74) is 3.27. The molecule has 1 heterocycles. The van der Waals surface area contributed by atoms with Crippen LogP contribution in [0.5, 0.6) is 0 Å². The highest BCUT2D eigenvalue weighted by atomic mass is 79.9. The Hall–Kier alpha value is -0.323. The van der Waals surface area contributed by atoms with E-state index >= 15 is 0 Å². The van der Waals surface area contributed by atoms with Gasteiger partial charge in [-0.3, -0.25) is 0 Å². The van der Waals surface area contributed by atoms with Crippen LogP contribution in [0.1, 0.15) is 64.9 Å². The first-order valence-corrected chi connectivity index (χ1v) is 14.1. The van der Waals surface area contributed by atoms with Gasteiger partial charge in [0, 0.05) is 27.7 Å². The summed E-state index contributed by atoms with van der Waals surface area (Å²) in [6, 6.07) is 7.49. The van der Waals surface area contributed by atoms with Crippen molar-refractivity contribution in [2.24, 2.45) is 5.92 Å². The lowest BCUT2D eigenvalue weighted by molar-refractivity contribution is 0.0959. The van der Waals surface area contributed by atoms with Crippen molar-refractivity contribution < 1.29 is 4.43 Å². The summed E-state index contributed by atoms with van der Waals surface area (Å²) in [6.07, 6.45) is 8.22. The lowest BCUT2D eigenvalue weighted by Gasteiger charge is -2.45. The van der Waals surface area contributed by atoms with Gasteiger partial charge >= 0.3 is 0 Å². The second kappa shape index (κ2) is 6.35. The van der Waals surface area contributed by atoms with Crippen molar-refractivity contribution in [3.63, 3.8) is 0 Å². The molecule has 0 amide bonds. The van der Waals surface area contributed by atoms with Gasteiger partial charge in [-0.15, -0.1) is 0 Å². The molecule has 4 rings (SSSR count). The van der Waals surface area contributed by atoms with Crippen LogP contribution in [-0.4, -0.2) is 20.5 Å². The lowest BCUT2D eigenvalue weighted by atomic mass is 9.65. The predicted molar refractivity (Wildman–Crippen MR) is 116 cm³/mol. The largest absolute Gasteiger partial charge is 0.414 e. The first kappa shape index (κ1) is 19.0. The second-order valence-electron chi connectivity index (χ2n) is 10.4. The van der Waals surface area contributed by atoms with Crippen LogP contribution in [0.25, 0.3) is 0 Å². The minimum atomic E-state index is -1.67. The highest BCUT2D eigenvalue weighted by Crippen LogP contribution is 2.57. The van der Waals surface area contributed by atoms with Crippen molar-refractivity contribution >= 4 is 29.9 Å². The van der Waals surface area contributed by atoms with Gasteiger partial charge in [0.1, 0.15) is 0 Å². The van der Waals surface area contributed by atoms with Crippen LogP contribution >= 0.6 is 15.9 Å². The summed E-state index contributed by atoms with van der Waals surface area (Å²) in [5.74, 6) is 0.874. The van der Waals surface area contributed by atoms with E-state index in [1.807, 2.05) is 0 Å². The molecule has 3 aliphatic rings. The van der Waals surface area contributed by atoms with Crippen LogP contribution in [0.3, 0.4) is 0 Å². The average Bonchev–Trinajstić information content (AvgIpc) is 3.34. The molecule has 1 N–H and O–H groups in total. The average molecular weight is 437 g/mol. The van der Waals surface area contributed by atoms with Crippen molar-refractivity contribution in [1.29, 1.82) is 0 Å². The molecule has 1 atom stereocenters. The maximum Gasteiger partial charge on any atom is 0.192 e. The molecule has 26 heavy (non-hydrogen) atoms. The Kier molecular flexibility index (Phi) is 4.64. The van der Waals surface area contributed by atoms with E-state index < -0.39 is 8.32 Å². The summed E-state index contributed by atoms with van der Waals surface area (Å²) >= 11 is 3.71. The minimum absolute atomic E-state index is 0.297. The number of hydrogen-bond acceptors (Lipinski definition) is 2. The normalized spacial score (nSPS) is 31.8. The topological polar surface area (TPSA) is 21.3 Å². The number of nitrogens with one attached hydrogen (secondary N) is 1. The molecule has 1 aliphatic heterocycles. The highest BCUT2D eigenvalue weighted by molar-refractivity contribution is 9.10. The fourth-order valence-electron chi connectivity index (χ4n) is 4.92. The highest BCUT2D eigenvalue weighted by Gasteiger charge is 2.54. The lowest BCUT2D eigenvalue weighted by Crippen LogP contribution is -2.48. The van der Waals surface area contributed by atoms with Crippen molar-refractivity contribution in [2.45, 2.75) is 95.0 Å². The van der Waals surface area contributed by atoms with Gasteiger partial charge in [0.2, 0.25) is 0 Å². The number of halogens is 1. The first-order valence-electron chi connectivity index (χ1n) is 10.4. The maximum absolute atomic E-state index is 6.78. The van der Waals surface area contributed by atoms with E-state index in [0.29, 0.717) is 22.6 Å². The predicted octanol–water partition coefficient (Wildman–Crippen LogP) is 6.86. The number of fused-ring (bicyclic) bond motifs is 2. The molecule has 0 radical (unpaired) electrons. The van der Waals surface area contributed by atoms with Gasteiger partial charge in [-0.1, -0.05) is 36.7 Å². The molecule has 2 aliphatic carbocycles. The Balaban J connectivity index is 1.54. The number of rotatable bonds is 3. The van der Waals surface area contributed by atoms with Gasteiger partial charge in [0.25, 0.3) is 0 Å². The standard InChI is InChI=1S/C22H34BrNOSi/c1-21(2,3)26(4,5)25-17-10-12-22(13-11-17)18-14-16(23)8-9-19(18)24-20(22)15-6-7-15/h8-9,14-15,17,20,24H,6-7,10-13H2,1-5H3. The van der Waals surface area contributed by atoms with Crippen LogP contribution < -0.4 is 5.32 Å². The van der Waals surface area contributed by atoms with E-state index in [0.717, 1.165) is 5.92 Å². The van der Waals surface area contributed by atoms with Crippen LogP contribution in [0.15, 0.2) is 22.7 Å². The fraction of sp³-hybridized carbons (Fsp3) is 0.727. The summed E-state index contributed by atoms with van der Waals surface area (Å²) < 4.78 is 7.99. The zero-order valence-electron chi connectivity index (χ0n) is 17.0. The molecule has 1 aromatic carbocycles. The smallest absolute Gasteiger partial charge is 0.192 e. The van der Waals surface area contributed by atoms with Gasteiger partial charge in [-0.25, -0.2) is 0 Å². The summed E-state index contributed by atoms with van der Waals surface area (Å²) in [7, 11) is -1.67. The number of benzene rings is 1. The third-order valence-corrected chi connectivity index (χ3v) is 12.6. The molecule has 2 nitrogen and oxygen atoms in total. The van der Waals surface area contributed by atoms with Crippen LogP contribution in [0, 0.1) is 5.92 Å². The van der Waals surface area contributed by atoms with Crippen molar-refractivity contribution in [3.05, 3.63) is 28.2 Å². The van der Waals surface area contributed by atoms with Crippen LogP contribution in [0.2, 0.25) is 18.1 Å². The molecule has 2 fully saturated rings. The SMILES string of the molecule is CC(C)(C)[Si](C)(C)OC1CCC2(CC1)c1cc(Br)ccc1NC2C1CC1. The van der Waals surface area contributed by atoms with E-state index in [1.54, 1.807) is 5.56 Å². The van der Waals surface area contributed by atoms with E-state index in [9.17, 15) is 0 Å². The van der Waals surface area contributed by atoms with E-state index in [2.05, 4.69) is 73.3 Å². The Bertz CT molecular complexity index is 684. The molecule has 0 bridgehead atoms. The number of hydrogen-bond donors (Lipinski definition) is 1. The van der Waals surface area contributed by atoms with Gasteiger partial charge in [-0.2, -0.15) is 0 Å². The van der Waals surface area contributed by atoms with E-state index in [1.165, 1.54) is 48.7 Å². The molecular weight excluding hydrogens is 402 g/mol.